The van der Waals surface area contributed by atoms with Crippen molar-refractivity contribution in [2.45, 2.75) is 57.3 Å². The van der Waals surface area contributed by atoms with Crippen molar-refractivity contribution >= 4 is 41.3 Å². The molecular weight excluding hydrogens is 480 g/mol. The van der Waals surface area contributed by atoms with Gasteiger partial charge in [-0.1, -0.05) is 25.7 Å². The molecule has 1 aromatic heterocycles. The Morgan fingerprint density at radius 1 is 1.27 bits per heavy atom. The first-order valence-electron chi connectivity index (χ1n) is 8.57. The third-order valence-corrected chi connectivity index (χ3v) is 4.87. The molecule has 0 spiro atoms. The number of guanidine groups is 1. The summed E-state index contributed by atoms with van der Waals surface area (Å²) in [7, 11) is 1.62. The van der Waals surface area contributed by atoms with Crippen LogP contribution in [-0.2, 0) is 17.5 Å². The molecule has 0 unspecified atom stereocenters. The lowest BCUT2D eigenvalue weighted by Gasteiger charge is -2.16. The number of ether oxygens (including phenoxy) is 1. The Hall–Kier alpha value is -0.620. The van der Waals surface area contributed by atoms with E-state index in [0.717, 1.165) is 29.6 Å². The molecule has 5 nitrogen and oxygen atoms in total. The van der Waals surface area contributed by atoms with Crippen LogP contribution in [0.4, 0.5) is 13.2 Å². The summed E-state index contributed by atoms with van der Waals surface area (Å²) >= 11 is 0.977. The van der Waals surface area contributed by atoms with Gasteiger partial charge in [0.15, 0.2) is 11.7 Å². The van der Waals surface area contributed by atoms with Crippen molar-refractivity contribution in [1.29, 1.82) is 0 Å². The van der Waals surface area contributed by atoms with Gasteiger partial charge in [0.2, 0.25) is 0 Å². The number of halogens is 4. The monoisotopic (exact) mass is 506 g/mol. The SMILES string of the molecule is CN=C(NCCOC1CCCCCC1)NCc1nc(C(F)(F)F)cs1.I. The summed E-state index contributed by atoms with van der Waals surface area (Å²) in [4.78, 5) is 7.63. The van der Waals surface area contributed by atoms with Crippen LogP contribution in [-0.4, -0.2) is 37.2 Å². The Balaban J connectivity index is 0.00000338. The normalized spacial score (nSPS) is 16.7. The number of rotatable bonds is 6. The minimum absolute atomic E-state index is 0. The molecule has 1 aromatic rings. The van der Waals surface area contributed by atoms with E-state index in [1.54, 1.807) is 7.05 Å². The fourth-order valence-electron chi connectivity index (χ4n) is 2.71. The van der Waals surface area contributed by atoms with Crippen molar-refractivity contribution < 1.29 is 17.9 Å². The fraction of sp³-hybridized carbons (Fsp3) is 0.750. The highest BCUT2D eigenvalue weighted by Crippen LogP contribution is 2.29. The minimum Gasteiger partial charge on any atom is -0.376 e. The summed E-state index contributed by atoms with van der Waals surface area (Å²) in [5, 5.41) is 7.45. The molecule has 10 heteroatoms. The van der Waals surface area contributed by atoms with Crippen LogP contribution in [0.2, 0.25) is 0 Å². The van der Waals surface area contributed by atoms with Crippen LogP contribution in [0.1, 0.15) is 49.2 Å². The molecule has 0 radical (unpaired) electrons. The zero-order valence-corrected chi connectivity index (χ0v) is 17.9. The standard InChI is InChI=1S/C16H25F3N4OS.HI/c1-20-15(21-8-9-24-12-6-4-2-3-5-7-12)22-10-14-23-13(11-25-14)16(17,18)19;/h11-12H,2-10H2,1H3,(H2,20,21,22);1H. The average Bonchev–Trinajstić information content (AvgIpc) is 2.91. The van der Waals surface area contributed by atoms with Crippen LogP contribution in [0, 0.1) is 0 Å². The van der Waals surface area contributed by atoms with Gasteiger partial charge in [-0.15, -0.1) is 35.3 Å². The van der Waals surface area contributed by atoms with Gasteiger partial charge in [-0.2, -0.15) is 13.2 Å². The van der Waals surface area contributed by atoms with Gasteiger partial charge in [-0.05, 0) is 12.8 Å². The lowest BCUT2D eigenvalue weighted by molar-refractivity contribution is -0.140. The molecule has 0 aliphatic heterocycles. The largest absolute Gasteiger partial charge is 0.434 e. The van der Waals surface area contributed by atoms with E-state index in [1.165, 1.54) is 25.7 Å². The zero-order chi connectivity index (χ0) is 18.1. The molecule has 2 rings (SSSR count). The van der Waals surface area contributed by atoms with Crippen molar-refractivity contribution in [2.24, 2.45) is 4.99 Å². The highest BCUT2D eigenvalue weighted by molar-refractivity contribution is 14.0. The number of hydrogen-bond donors (Lipinski definition) is 2. The Labute approximate surface area is 173 Å². The smallest absolute Gasteiger partial charge is 0.376 e. The zero-order valence-electron chi connectivity index (χ0n) is 14.8. The fourth-order valence-corrected chi connectivity index (χ4v) is 3.45. The second-order valence-corrected chi connectivity index (χ2v) is 6.90. The van der Waals surface area contributed by atoms with Gasteiger partial charge < -0.3 is 15.4 Å². The molecular formula is C16H26F3IN4OS. The van der Waals surface area contributed by atoms with E-state index in [-0.39, 0.29) is 30.5 Å². The maximum absolute atomic E-state index is 12.5. The van der Waals surface area contributed by atoms with Crippen LogP contribution in [0.25, 0.3) is 0 Å². The van der Waals surface area contributed by atoms with Gasteiger partial charge in [0.1, 0.15) is 5.01 Å². The lowest BCUT2D eigenvalue weighted by Crippen LogP contribution is -2.38. The van der Waals surface area contributed by atoms with Gasteiger partial charge >= 0.3 is 6.18 Å². The molecule has 0 atom stereocenters. The minimum atomic E-state index is -4.40. The predicted octanol–water partition coefficient (Wildman–Crippen LogP) is 4.18. The van der Waals surface area contributed by atoms with Gasteiger partial charge in [-0.25, -0.2) is 4.98 Å². The van der Waals surface area contributed by atoms with E-state index in [2.05, 4.69) is 20.6 Å². The number of aromatic nitrogens is 1. The van der Waals surface area contributed by atoms with Gasteiger partial charge in [0.25, 0.3) is 0 Å². The van der Waals surface area contributed by atoms with Gasteiger partial charge in [0, 0.05) is 19.0 Å². The van der Waals surface area contributed by atoms with E-state index in [9.17, 15) is 13.2 Å². The predicted molar refractivity (Wildman–Crippen MR) is 108 cm³/mol. The van der Waals surface area contributed by atoms with E-state index in [0.29, 0.717) is 30.2 Å². The maximum atomic E-state index is 12.5. The van der Waals surface area contributed by atoms with Crippen LogP contribution in [0.3, 0.4) is 0 Å². The number of thiazole rings is 1. The molecule has 1 heterocycles. The third kappa shape index (κ3) is 8.38. The molecule has 0 aromatic carbocycles. The summed E-state index contributed by atoms with van der Waals surface area (Å²) < 4.78 is 43.5. The lowest BCUT2D eigenvalue weighted by atomic mass is 10.1. The average molecular weight is 506 g/mol. The molecule has 0 amide bonds. The maximum Gasteiger partial charge on any atom is 0.434 e. The Bertz CT molecular complexity index is 546. The van der Waals surface area contributed by atoms with Crippen LogP contribution < -0.4 is 10.6 Å². The molecule has 150 valence electrons. The number of aliphatic imine (C=N–C) groups is 1. The van der Waals surface area contributed by atoms with Gasteiger partial charge in [-0.3, -0.25) is 4.99 Å². The number of alkyl halides is 3. The molecule has 2 N–H and O–H groups in total. The second kappa shape index (κ2) is 12.0. The molecule has 1 aliphatic rings. The number of hydrogen-bond acceptors (Lipinski definition) is 4. The van der Waals surface area contributed by atoms with E-state index in [4.69, 9.17) is 4.74 Å². The van der Waals surface area contributed by atoms with Crippen molar-refractivity contribution in [3.63, 3.8) is 0 Å². The van der Waals surface area contributed by atoms with Crippen molar-refractivity contribution in [3.8, 4) is 0 Å². The first kappa shape index (κ1) is 23.4. The van der Waals surface area contributed by atoms with Crippen molar-refractivity contribution in [3.05, 3.63) is 16.1 Å². The quantitative estimate of drug-likeness (QED) is 0.200. The van der Waals surface area contributed by atoms with Crippen LogP contribution in [0.5, 0.6) is 0 Å². The summed E-state index contributed by atoms with van der Waals surface area (Å²) in [6.07, 6.45) is 3.24. The van der Waals surface area contributed by atoms with E-state index < -0.39 is 11.9 Å². The molecule has 0 bridgehead atoms. The van der Waals surface area contributed by atoms with Crippen molar-refractivity contribution in [2.75, 3.05) is 20.2 Å². The number of nitrogens with zero attached hydrogens (tertiary/aromatic N) is 2. The summed E-state index contributed by atoms with van der Waals surface area (Å²) in [6, 6.07) is 0. The summed E-state index contributed by atoms with van der Waals surface area (Å²) in [5.41, 5.74) is -0.853. The van der Waals surface area contributed by atoms with E-state index >= 15 is 0 Å². The molecule has 1 aliphatic carbocycles. The molecule has 26 heavy (non-hydrogen) atoms. The van der Waals surface area contributed by atoms with Gasteiger partial charge in [0.05, 0.1) is 19.3 Å². The first-order valence-corrected chi connectivity index (χ1v) is 9.44. The highest BCUT2D eigenvalue weighted by atomic mass is 127. The highest BCUT2D eigenvalue weighted by Gasteiger charge is 2.33. The van der Waals surface area contributed by atoms with Crippen molar-refractivity contribution in [1.82, 2.24) is 15.6 Å². The third-order valence-electron chi connectivity index (χ3n) is 4.02. The summed E-state index contributed by atoms with van der Waals surface area (Å²) in [6.45, 7) is 1.38. The molecule has 1 fully saturated rings. The summed E-state index contributed by atoms with van der Waals surface area (Å²) in [5.74, 6) is 0.522. The topological polar surface area (TPSA) is 58.5 Å². The second-order valence-electron chi connectivity index (χ2n) is 5.96. The van der Waals surface area contributed by atoms with E-state index in [1.807, 2.05) is 0 Å². The Kier molecular flexibility index (Phi) is 10.8. The number of nitrogens with one attached hydrogen (secondary N) is 2. The van der Waals surface area contributed by atoms with Crippen LogP contribution in [0.15, 0.2) is 10.4 Å². The Morgan fingerprint density at radius 2 is 1.96 bits per heavy atom. The van der Waals surface area contributed by atoms with Crippen LogP contribution >= 0.6 is 35.3 Å². The molecule has 1 saturated carbocycles. The molecule has 0 saturated heterocycles. The first-order chi connectivity index (χ1) is 12.0. The Morgan fingerprint density at radius 3 is 2.54 bits per heavy atom.